The first kappa shape index (κ1) is 13.5. The van der Waals surface area contributed by atoms with Crippen molar-refractivity contribution < 1.29 is 4.79 Å². The Morgan fingerprint density at radius 2 is 2.14 bits per heavy atom. The van der Waals surface area contributed by atoms with Crippen LogP contribution in [-0.4, -0.2) is 20.3 Å². The van der Waals surface area contributed by atoms with Crippen molar-refractivity contribution in [1.82, 2.24) is 14.3 Å². The van der Waals surface area contributed by atoms with Crippen molar-refractivity contribution in [3.05, 3.63) is 47.3 Å². The van der Waals surface area contributed by atoms with E-state index >= 15 is 0 Å². The molecule has 0 bridgehead atoms. The molecule has 0 saturated heterocycles. The number of hydrogen-bond donors (Lipinski definition) is 1. The van der Waals surface area contributed by atoms with Crippen molar-refractivity contribution >= 4 is 34.4 Å². The zero-order valence-corrected chi connectivity index (χ0v) is 13.3. The Morgan fingerprint density at radius 3 is 3.00 bits per heavy atom. The van der Waals surface area contributed by atoms with Crippen LogP contribution in [-0.2, 0) is 25.6 Å². The fourth-order valence-corrected chi connectivity index (χ4v) is 3.92. The summed E-state index contributed by atoms with van der Waals surface area (Å²) in [5.74, 6) is 2.56. The molecule has 22 heavy (non-hydrogen) atoms. The number of nitrogens with zero attached hydrogens (tertiary/aromatic N) is 3. The average Bonchev–Trinajstić information content (AvgIpc) is 3.17. The lowest BCUT2D eigenvalue weighted by Crippen LogP contribution is -2.15. The molecule has 0 aliphatic carbocycles. The van der Waals surface area contributed by atoms with Gasteiger partial charge in [0.15, 0.2) is 0 Å². The van der Waals surface area contributed by atoms with Gasteiger partial charge >= 0.3 is 0 Å². The normalized spacial score (nSPS) is 13.5. The van der Waals surface area contributed by atoms with E-state index in [1.807, 2.05) is 60.9 Å². The lowest BCUT2D eigenvalue weighted by Gasteiger charge is -2.08. The molecule has 3 heterocycles. The number of nitrogens with one attached hydrogen (secondary N) is 1. The van der Waals surface area contributed by atoms with Gasteiger partial charge in [0, 0.05) is 48.4 Å². The number of aromatic nitrogens is 3. The molecule has 1 N–H and O–H groups in total. The highest BCUT2D eigenvalue weighted by Gasteiger charge is 2.23. The number of aryl methyl sites for hydroxylation is 2. The maximum Gasteiger partial charge on any atom is 0.256 e. The van der Waals surface area contributed by atoms with Crippen molar-refractivity contribution in [3.8, 4) is 0 Å². The molecule has 112 valence electrons. The SMILES string of the molecule is Cn1nc2c(c1NC(=O)c1ccc3ccn(C)c3c1)CSC2. The Bertz CT molecular complexity index is 893. The first-order chi connectivity index (χ1) is 10.6. The van der Waals surface area contributed by atoms with Gasteiger partial charge in [-0.15, -0.1) is 0 Å². The number of fused-ring (bicyclic) bond motifs is 2. The predicted octanol–water partition coefficient (Wildman–Crippen LogP) is 2.91. The van der Waals surface area contributed by atoms with Crippen LogP contribution in [0, 0.1) is 0 Å². The van der Waals surface area contributed by atoms with Crippen LogP contribution in [0.2, 0.25) is 0 Å². The molecule has 0 unspecified atom stereocenters. The summed E-state index contributed by atoms with van der Waals surface area (Å²) < 4.78 is 3.79. The highest BCUT2D eigenvalue weighted by Crippen LogP contribution is 2.34. The van der Waals surface area contributed by atoms with Crippen LogP contribution in [0.4, 0.5) is 5.82 Å². The zero-order valence-electron chi connectivity index (χ0n) is 12.5. The molecule has 1 aliphatic heterocycles. The number of anilines is 1. The monoisotopic (exact) mass is 312 g/mol. The van der Waals surface area contributed by atoms with Crippen LogP contribution in [0.1, 0.15) is 21.6 Å². The summed E-state index contributed by atoms with van der Waals surface area (Å²) in [5.41, 5.74) is 3.95. The van der Waals surface area contributed by atoms with E-state index in [0.29, 0.717) is 5.56 Å². The van der Waals surface area contributed by atoms with Crippen LogP contribution in [0.3, 0.4) is 0 Å². The van der Waals surface area contributed by atoms with Gasteiger partial charge in [0.1, 0.15) is 5.82 Å². The second-order valence-electron chi connectivity index (χ2n) is 5.54. The van der Waals surface area contributed by atoms with Crippen molar-refractivity contribution in [2.45, 2.75) is 11.5 Å². The minimum absolute atomic E-state index is 0.0919. The maximum absolute atomic E-state index is 12.6. The molecule has 0 radical (unpaired) electrons. The van der Waals surface area contributed by atoms with Crippen molar-refractivity contribution in [2.24, 2.45) is 14.1 Å². The lowest BCUT2D eigenvalue weighted by atomic mass is 10.1. The minimum Gasteiger partial charge on any atom is -0.351 e. The third-order valence-electron chi connectivity index (χ3n) is 4.10. The van der Waals surface area contributed by atoms with E-state index in [9.17, 15) is 4.79 Å². The van der Waals surface area contributed by atoms with Crippen molar-refractivity contribution in [3.63, 3.8) is 0 Å². The number of rotatable bonds is 2. The average molecular weight is 312 g/mol. The van der Waals surface area contributed by atoms with Gasteiger partial charge < -0.3 is 9.88 Å². The number of carbonyl (C=O) groups is 1. The summed E-state index contributed by atoms with van der Waals surface area (Å²) in [7, 11) is 3.86. The van der Waals surface area contributed by atoms with Crippen LogP contribution in [0.15, 0.2) is 30.5 Å². The first-order valence-corrected chi connectivity index (χ1v) is 8.28. The summed E-state index contributed by atoms with van der Waals surface area (Å²) in [5, 5.41) is 8.63. The second-order valence-corrected chi connectivity index (χ2v) is 6.53. The predicted molar refractivity (Wildman–Crippen MR) is 89.1 cm³/mol. The van der Waals surface area contributed by atoms with Gasteiger partial charge in [-0.3, -0.25) is 9.48 Å². The molecule has 3 aromatic rings. The quantitative estimate of drug-likeness (QED) is 0.791. The molecule has 0 fully saturated rings. The molecule has 1 aromatic carbocycles. The van der Waals surface area contributed by atoms with E-state index < -0.39 is 0 Å². The Hall–Kier alpha value is -2.21. The number of amides is 1. The van der Waals surface area contributed by atoms with E-state index in [4.69, 9.17) is 0 Å². The van der Waals surface area contributed by atoms with Crippen molar-refractivity contribution in [1.29, 1.82) is 0 Å². The van der Waals surface area contributed by atoms with Gasteiger partial charge in [-0.25, -0.2) is 0 Å². The van der Waals surface area contributed by atoms with Crippen LogP contribution >= 0.6 is 11.8 Å². The van der Waals surface area contributed by atoms with Gasteiger partial charge in [-0.05, 0) is 23.6 Å². The molecule has 0 saturated carbocycles. The zero-order chi connectivity index (χ0) is 15.3. The van der Waals surface area contributed by atoms with E-state index in [-0.39, 0.29) is 5.91 Å². The van der Waals surface area contributed by atoms with Crippen LogP contribution < -0.4 is 5.32 Å². The number of benzene rings is 1. The van der Waals surface area contributed by atoms with Gasteiger partial charge in [-0.1, -0.05) is 6.07 Å². The summed E-state index contributed by atoms with van der Waals surface area (Å²) in [6, 6.07) is 7.81. The van der Waals surface area contributed by atoms with E-state index in [1.165, 1.54) is 0 Å². The summed E-state index contributed by atoms with van der Waals surface area (Å²) in [4.78, 5) is 12.6. The molecule has 0 spiro atoms. The summed E-state index contributed by atoms with van der Waals surface area (Å²) in [6.45, 7) is 0. The van der Waals surface area contributed by atoms with Gasteiger partial charge in [0.05, 0.1) is 5.69 Å². The highest BCUT2D eigenvalue weighted by molar-refractivity contribution is 7.98. The molecule has 1 aliphatic rings. The molecule has 0 atom stereocenters. The summed E-state index contributed by atoms with van der Waals surface area (Å²) >= 11 is 1.83. The van der Waals surface area contributed by atoms with Crippen LogP contribution in [0.25, 0.3) is 10.9 Å². The number of hydrogen-bond acceptors (Lipinski definition) is 3. The largest absolute Gasteiger partial charge is 0.351 e. The third-order valence-corrected chi connectivity index (χ3v) is 5.07. The highest BCUT2D eigenvalue weighted by atomic mass is 32.2. The molecule has 4 rings (SSSR count). The lowest BCUT2D eigenvalue weighted by molar-refractivity contribution is 0.102. The fraction of sp³-hybridized carbons (Fsp3) is 0.250. The Balaban J connectivity index is 1.68. The summed E-state index contributed by atoms with van der Waals surface area (Å²) in [6.07, 6.45) is 2.00. The van der Waals surface area contributed by atoms with Gasteiger partial charge in [-0.2, -0.15) is 16.9 Å². The number of carbonyl (C=O) groups excluding carboxylic acids is 1. The standard InChI is InChI=1S/C16H16N4OS/c1-19-6-5-10-3-4-11(7-14(10)19)16(21)17-15-12-8-22-9-13(12)18-20(15)2/h3-7H,8-9H2,1-2H3,(H,17,21). The molecule has 1 amide bonds. The molecule has 2 aromatic heterocycles. The smallest absolute Gasteiger partial charge is 0.256 e. The maximum atomic E-state index is 12.6. The Morgan fingerprint density at radius 1 is 1.27 bits per heavy atom. The van der Waals surface area contributed by atoms with E-state index in [2.05, 4.69) is 10.4 Å². The molecule has 6 heteroatoms. The Kier molecular flexibility index (Phi) is 3.00. The molecular weight excluding hydrogens is 296 g/mol. The molecular formula is C16H16N4OS. The second kappa shape index (κ2) is 4.91. The number of thioether (sulfide) groups is 1. The van der Waals surface area contributed by atoms with Crippen LogP contribution in [0.5, 0.6) is 0 Å². The minimum atomic E-state index is -0.0919. The first-order valence-electron chi connectivity index (χ1n) is 7.12. The van der Waals surface area contributed by atoms with Gasteiger partial charge in [0.2, 0.25) is 0 Å². The third kappa shape index (κ3) is 2.02. The topological polar surface area (TPSA) is 51.9 Å². The Labute approximate surface area is 132 Å². The van der Waals surface area contributed by atoms with E-state index in [0.717, 1.165) is 39.5 Å². The fourth-order valence-electron chi connectivity index (χ4n) is 2.88. The van der Waals surface area contributed by atoms with E-state index in [1.54, 1.807) is 4.68 Å². The molecule has 5 nitrogen and oxygen atoms in total. The van der Waals surface area contributed by atoms with Gasteiger partial charge in [0.25, 0.3) is 5.91 Å². The van der Waals surface area contributed by atoms with Crippen molar-refractivity contribution in [2.75, 3.05) is 5.32 Å².